The van der Waals surface area contributed by atoms with E-state index in [1.807, 2.05) is 50.4 Å². The smallest absolute Gasteiger partial charge is 0.251 e. The van der Waals surface area contributed by atoms with E-state index in [-0.39, 0.29) is 5.91 Å². The standard InChI is InChI=1S/C17H19BrN2O/c1-13-10-14(12-15(18)11-13)17(21)19-8-9-20(2)16-6-4-3-5-7-16/h3-7,10-12H,8-9H2,1-2H3,(H,19,21). The van der Waals surface area contributed by atoms with Crippen LogP contribution in [0.25, 0.3) is 0 Å². The van der Waals surface area contributed by atoms with Gasteiger partial charge in [0.05, 0.1) is 0 Å². The quantitative estimate of drug-likeness (QED) is 0.896. The van der Waals surface area contributed by atoms with Gasteiger partial charge in [-0.05, 0) is 42.8 Å². The maximum absolute atomic E-state index is 12.1. The maximum atomic E-state index is 12.1. The van der Waals surface area contributed by atoms with Crippen LogP contribution in [0.3, 0.4) is 0 Å². The van der Waals surface area contributed by atoms with E-state index < -0.39 is 0 Å². The molecule has 0 saturated heterocycles. The summed E-state index contributed by atoms with van der Waals surface area (Å²) in [6.45, 7) is 3.35. The lowest BCUT2D eigenvalue weighted by molar-refractivity contribution is 0.0954. The number of anilines is 1. The molecule has 0 aliphatic heterocycles. The van der Waals surface area contributed by atoms with E-state index in [0.717, 1.165) is 22.3 Å². The van der Waals surface area contributed by atoms with Gasteiger partial charge in [-0.15, -0.1) is 0 Å². The molecular weight excluding hydrogens is 328 g/mol. The van der Waals surface area contributed by atoms with Crippen LogP contribution in [0.2, 0.25) is 0 Å². The summed E-state index contributed by atoms with van der Waals surface area (Å²) in [5, 5.41) is 2.95. The van der Waals surface area contributed by atoms with Crippen LogP contribution in [0, 0.1) is 6.92 Å². The molecule has 0 aliphatic rings. The van der Waals surface area contributed by atoms with Crippen LogP contribution in [0.15, 0.2) is 53.0 Å². The minimum absolute atomic E-state index is 0.0409. The normalized spacial score (nSPS) is 10.2. The van der Waals surface area contributed by atoms with Crippen LogP contribution < -0.4 is 10.2 Å². The number of aryl methyl sites for hydroxylation is 1. The summed E-state index contributed by atoms with van der Waals surface area (Å²) in [5.41, 5.74) is 2.89. The highest BCUT2D eigenvalue weighted by Gasteiger charge is 2.07. The van der Waals surface area contributed by atoms with Crippen molar-refractivity contribution in [2.24, 2.45) is 0 Å². The number of likely N-dealkylation sites (N-methyl/N-ethyl adjacent to an activating group) is 1. The summed E-state index contributed by atoms with van der Waals surface area (Å²) >= 11 is 3.42. The van der Waals surface area contributed by atoms with Crippen molar-refractivity contribution in [3.63, 3.8) is 0 Å². The predicted molar refractivity (Wildman–Crippen MR) is 90.9 cm³/mol. The Morgan fingerprint density at radius 3 is 2.57 bits per heavy atom. The number of hydrogen-bond donors (Lipinski definition) is 1. The molecule has 0 unspecified atom stereocenters. The molecule has 0 aromatic heterocycles. The van der Waals surface area contributed by atoms with E-state index >= 15 is 0 Å². The van der Waals surface area contributed by atoms with Gasteiger partial charge in [-0.2, -0.15) is 0 Å². The monoisotopic (exact) mass is 346 g/mol. The second kappa shape index (κ2) is 7.27. The molecule has 1 amide bonds. The van der Waals surface area contributed by atoms with Gasteiger partial charge in [0.1, 0.15) is 0 Å². The third kappa shape index (κ3) is 4.60. The highest BCUT2D eigenvalue weighted by atomic mass is 79.9. The average Bonchev–Trinajstić information content (AvgIpc) is 2.47. The highest BCUT2D eigenvalue weighted by molar-refractivity contribution is 9.10. The lowest BCUT2D eigenvalue weighted by Gasteiger charge is -2.19. The number of hydrogen-bond acceptors (Lipinski definition) is 2. The maximum Gasteiger partial charge on any atom is 0.251 e. The summed E-state index contributed by atoms with van der Waals surface area (Å²) in [6, 6.07) is 15.8. The fraction of sp³-hybridized carbons (Fsp3) is 0.235. The number of benzene rings is 2. The first-order valence-corrected chi connectivity index (χ1v) is 7.67. The first-order valence-electron chi connectivity index (χ1n) is 6.88. The number of amides is 1. The van der Waals surface area contributed by atoms with E-state index in [9.17, 15) is 4.79 Å². The number of carbonyl (C=O) groups excluding carboxylic acids is 1. The second-order valence-corrected chi connectivity index (χ2v) is 5.95. The fourth-order valence-electron chi connectivity index (χ4n) is 2.12. The van der Waals surface area contributed by atoms with Gasteiger partial charge in [-0.1, -0.05) is 34.1 Å². The lowest BCUT2D eigenvalue weighted by Crippen LogP contribution is -2.33. The Labute approximate surface area is 134 Å². The zero-order chi connectivity index (χ0) is 15.2. The van der Waals surface area contributed by atoms with Gasteiger partial charge in [0.25, 0.3) is 5.91 Å². The Bertz CT molecular complexity index is 593. The summed E-state index contributed by atoms with van der Waals surface area (Å²) in [7, 11) is 2.02. The Morgan fingerprint density at radius 1 is 1.19 bits per heavy atom. The Balaban J connectivity index is 1.87. The van der Waals surface area contributed by atoms with Gasteiger partial charge in [0.15, 0.2) is 0 Å². The molecule has 21 heavy (non-hydrogen) atoms. The summed E-state index contributed by atoms with van der Waals surface area (Å²) < 4.78 is 0.925. The van der Waals surface area contributed by atoms with Crippen LogP contribution in [-0.2, 0) is 0 Å². The molecule has 3 nitrogen and oxygen atoms in total. The highest BCUT2D eigenvalue weighted by Crippen LogP contribution is 2.15. The molecule has 2 rings (SSSR count). The van der Waals surface area contributed by atoms with Gasteiger partial charge in [-0.25, -0.2) is 0 Å². The Kier molecular flexibility index (Phi) is 5.39. The van der Waals surface area contributed by atoms with Crippen molar-refractivity contribution in [3.8, 4) is 0 Å². The number of rotatable bonds is 5. The third-order valence-corrected chi connectivity index (χ3v) is 3.69. The van der Waals surface area contributed by atoms with Crippen molar-refractivity contribution in [3.05, 3.63) is 64.1 Å². The van der Waals surface area contributed by atoms with Gasteiger partial charge in [-0.3, -0.25) is 4.79 Å². The molecule has 2 aromatic carbocycles. The van der Waals surface area contributed by atoms with Gasteiger partial charge in [0.2, 0.25) is 0 Å². The summed E-state index contributed by atoms with van der Waals surface area (Å²) in [5.74, 6) is -0.0409. The molecule has 0 radical (unpaired) electrons. The number of carbonyl (C=O) groups is 1. The Morgan fingerprint density at radius 2 is 1.90 bits per heavy atom. The van der Waals surface area contributed by atoms with Crippen molar-refractivity contribution >= 4 is 27.5 Å². The van der Waals surface area contributed by atoms with E-state index in [4.69, 9.17) is 0 Å². The molecule has 0 atom stereocenters. The van der Waals surface area contributed by atoms with Crippen LogP contribution in [-0.4, -0.2) is 26.0 Å². The Hall–Kier alpha value is -1.81. The molecule has 4 heteroatoms. The molecular formula is C17H19BrN2O. The average molecular weight is 347 g/mol. The van der Waals surface area contributed by atoms with Gasteiger partial charge < -0.3 is 10.2 Å². The van der Waals surface area contributed by atoms with Crippen molar-refractivity contribution in [2.45, 2.75) is 6.92 Å². The lowest BCUT2D eigenvalue weighted by atomic mass is 10.1. The molecule has 0 saturated carbocycles. The number of nitrogens with zero attached hydrogens (tertiary/aromatic N) is 1. The minimum Gasteiger partial charge on any atom is -0.373 e. The van der Waals surface area contributed by atoms with Crippen LogP contribution in [0.5, 0.6) is 0 Å². The van der Waals surface area contributed by atoms with E-state index in [1.54, 1.807) is 0 Å². The molecule has 1 N–H and O–H groups in total. The molecule has 0 bridgehead atoms. The first kappa shape index (κ1) is 15.6. The topological polar surface area (TPSA) is 32.3 Å². The van der Waals surface area contributed by atoms with Gasteiger partial charge >= 0.3 is 0 Å². The second-order valence-electron chi connectivity index (χ2n) is 5.03. The number of halogens is 1. The van der Waals surface area contributed by atoms with Gasteiger partial charge in [0, 0.05) is 35.9 Å². The van der Waals surface area contributed by atoms with Crippen LogP contribution in [0.1, 0.15) is 15.9 Å². The summed E-state index contributed by atoms with van der Waals surface area (Å²) in [4.78, 5) is 14.2. The molecule has 2 aromatic rings. The van der Waals surface area contributed by atoms with Crippen molar-refractivity contribution in [1.82, 2.24) is 5.32 Å². The zero-order valence-corrected chi connectivity index (χ0v) is 13.9. The zero-order valence-electron chi connectivity index (χ0n) is 12.3. The van der Waals surface area contributed by atoms with Crippen LogP contribution in [0.4, 0.5) is 5.69 Å². The molecule has 0 aliphatic carbocycles. The molecule has 0 heterocycles. The van der Waals surface area contributed by atoms with E-state index in [1.165, 1.54) is 0 Å². The minimum atomic E-state index is -0.0409. The largest absolute Gasteiger partial charge is 0.373 e. The molecule has 0 spiro atoms. The SMILES string of the molecule is Cc1cc(Br)cc(C(=O)NCCN(C)c2ccccc2)c1. The van der Waals surface area contributed by atoms with Crippen LogP contribution >= 0.6 is 15.9 Å². The fourth-order valence-corrected chi connectivity index (χ4v) is 2.73. The van der Waals surface area contributed by atoms with E-state index in [2.05, 4.69) is 38.3 Å². The number of nitrogens with one attached hydrogen (secondary N) is 1. The summed E-state index contributed by atoms with van der Waals surface area (Å²) in [6.07, 6.45) is 0. The van der Waals surface area contributed by atoms with Crippen molar-refractivity contribution in [1.29, 1.82) is 0 Å². The molecule has 110 valence electrons. The van der Waals surface area contributed by atoms with Crippen molar-refractivity contribution in [2.75, 3.05) is 25.0 Å². The van der Waals surface area contributed by atoms with Crippen molar-refractivity contribution < 1.29 is 4.79 Å². The third-order valence-electron chi connectivity index (χ3n) is 3.23. The van der Waals surface area contributed by atoms with E-state index in [0.29, 0.717) is 12.1 Å². The predicted octanol–water partition coefficient (Wildman–Crippen LogP) is 3.62. The number of para-hydroxylation sites is 1. The first-order chi connectivity index (χ1) is 10.1. The molecule has 0 fully saturated rings.